The van der Waals surface area contributed by atoms with Crippen molar-refractivity contribution in [3.63, 3.8) is 0 Å². The number of nitrogens with two attached hydrogens (primary N) is 1. The second-order valence-electron chi connectivity index (χ2n) is 3.88. The van der Waals surface area contributed by atoms with Gasteiger partial charge in [-0.2, -0.15) is 13.2 Å². The van der Waals surface area contributed by atoms with Crippen LogP contribution in [0.25, 0.3) is 0 Å². The van der Waals surface area contributed by atoms with Gasteiger partial charge in [-0.1, -0.05) is 0 Å². The number of rotatable bonds is 3. The molecule has 0 aromatic heterocycles. The highest BCUT2D eigenvalue weighted by atomic mass is 19.4. The van der Waals surface area contributed by atoms with E-state index in [0.29, 0.717) is 0 Å². The second-order valence-corrected chi connectivity index (χ2v) is 3.88. The van der Waals surface area contributed by atoms with Crippen molar-refractivity contribution in [1.29, 1.82) is 0 Å². The van der Waals surface area contributed by atoms with E-state index in [1.165, 1.54) is 0 Å². The fourth-order valence-electron chi connectivity index (χ4n) is 1.66. The highest BCUT2D eigenvalue weighted by molar-refractivity contribution is 4.80. The largest absolute Gasteiger partial charge is 0.389 e. The van der Waals surface area contributed by atoms with Gasteiger partial charge in [-0.05, 0) is 26.2 Å². The van der Waals surface area contributed by atoms with Crippen molar-refractivity contribution in [2.75, 3.05) is 0 Å². The van der Waals surface area contributed by atoms with Crippen LogP contribution in [-0.4, -0.2) is 24.4 Å². The lowest BCUT2D eigenvalue weighted by atomic mass is 10.0. The predicted octanol–water partition coefficient (Wildman–Crippen LogP) is 2.22. The molecular weight excluding hydrogens is 195 g/mol. The van der Waals surface area contributed by atoms with Crippen LogP contribution in [0.5, 0.6) is 0 Å². The summed E-state index contributed by atoms with van der Waals surface area (Å²) in [6, 6.07) is -0.485. The summed E-state index contributed by atoms with van der Waals surface area (Å²) in [4.78, 5) is 0. The SMILES string of the molecule is CC1CCC(C(N)CCC(F)(F)F)O1. The number of hydrogen-bond donors (Lipinski definition) is 1. The molecule has 1 heterocycles. The van der Waals surface area contributed by atoms with Gasteiger partial charge in [0.05, 0.1) is 12.2 Å². The summed E-state index contributed by atoms with van der Waals surface area (Å²) in [6.07, 6.45) is -3.35. The zero-order valence-corrected chi connectivity index (χ0v) is 8.18. The maximum Gasteiger partial charge on any atom is 0.389 e. The van der Waals surface area contributed by atoms with E-state index in [2.05, 4.69) is 0 Å². The number of halogens is 3. The molecule has 0 saturated carbocycles. The van der Waals surface area contributed by atoms with E-state index in [9.17, 15) is 13.2 Å². The van der Waals surface area contributed by atoms with E-state index in [-0.39, 0.29) is 18.6 Å². The van der Waals surface area contributed by atoms with Crippen LogP contribution in [0.15, 0.2) is 0 Å². The van der Waals surface area contributed by atoms with Gasteiger partial charge < -0.3 is 10.5 Å². The molecule has 2 N–H and O–H groups in total. The Kier molecular flexibility index (Phi) is 3.78. The Morgan fingerprint density at radius 2 is 2.07 bits per heavy atom. The molecule has 0 radical (unpaired) electrons. The fourth-order valence-corrected chi connectivity index (χ4v) is 1.66. The molecule has 0 aliphatic carbocycles. The van der Waals surface area contributed by atoms with E-state index in [1.54, 1.807) is 0 Å². The molecule has 0 aromatic carbocycles. The Labute approximate surface area is 81.6 Å². The molecule has 5 heteroatoms. The standard InChI is InChI=1S/C9H16F3NO/c1-6-2-3-8(14-6)7(13)4-5-9(10,11)12/h6-8H,2-5,13H2,1H3. The first-order valence-electron chi connectivity index (χ1n) is 4.86. The molecule has 14 heavy (non-hydrogen) atoms. The smallest absolute Gasteiger partial charge is 0.374 e. The highest BCUT2D eigenvalue weighted by Crippen LogP contribution is 2.26. The Bertz CT molecular complexity index is 183. The second kappa shape index (κ2) is 4.49. The first-order valence-corrected chi connectivity index (χ1v) is 4.86. The Balaban J connectivity index is 2.25. The van der Waals surface area contributed by atoms with Crippen molar-refractivity contribution in [3.8, 4) is 0 Å². The molecule has 1 rings (SSSR count). The Morgan fingerprint density at radius 3 is 2.50 bits per heavy atom. The van der Waals surface area contributed by atoms with Crippen LogP contribution in [0, 0.1) is 0 Å². The normalized spacial score (nSPS) is 30.6. The van der Waals surface area contributed by atoms with Crippen LogP contribution in [0.4, 0.5) is 13.2 Å². The van der Waals surface area contributed by atoms with Crippen LogP contribution in [-0.2, 0) is 4.74 Å². The van der Waals surface area contributed by atoms with Crippen molar-refractivity contribution in [2.45, 2.75) is 57.0 Å². The first kappa shape index (κ1) is 11.8. The lowest BCUT2D eigenvalue weighted by molar-refractivity contribution is -0.137. The van der Waals surface area contributed by atoms with Crippen LogP contribution < -0.4 is 5.73 Å². The molecule has 0 spiro atoms. The van der Waals surface area contributed by atoms with Crippen LogP contribution in [0.3, 0.4) is 0 Å². The minimum Gasteiger partial charge on any atom is -0.374 e. The van der Waals surface area contributed by atoms with E-state index in [1.807, 2.05) is 6.92 Å². The van der Waals surface area contributed by atoms with Crippen LogP contribution in [0.1, 0.15) is 32.6 Å². The van der Waals surface area contributed by atoms with Crippen LogP contribution >= 0.6 is 0 Å². The molecule has 2 nitrogen and oxygen atoms in total. The van der Waals surface area contributed by atoms with E-state index in [4.69, 9.17) is 10.5 Å². The summed E-state index contributed by atoms with van der Waals surface area (Å²) in [5.41, 5.74) is 5.62. The van der Waals surface area contributed by atoms with Crippen LogP contribution in [0.2, 0.25) is 0 Å². The number of ether oxygens (including phenoxy) is 1. The molecule has 0 aromatic rings. The molecule has 1 aliphatic heterocycles. The Hall–Kier alpha value is -0.290. The summed E-state index contributed by atoms with van der Waals surface area (Å²) < 4.78 is 41.0. The summed E-state index contributed by atoms with van der Waals surface area (Å²) in [6.45, 7) is 1.91. The highest BCUT2D eigenvalue weighted by Gasteiger charge is 2.32. The van der Waals surface area contributed by atoms with E-state index >= 15 is 0 Å². The average molecular weight is 211 g/mol. The van der Waals surface area contributed by atoms with Crippen molar-refractivity contribution in [3.05, 3.63) is 0 Å². The van der Waals surface area contributed by atoms with Crippen molar-refractivity contribution >= 4 is 0 Å². The van der Waals surface area contributed by atoms with Gasteiger partial charge in [-0.15, -0.1) is 0 Å². The lowest BCUT2D eigenvalue weighted by Crippen LogP contribution is -2.35. The third kappa shape index (κ3) is 3.84. The Morgan fingerprint density at radius 1 is 1.43 bits per heavy atom. The molecule has 0 amide bonds. The van der Waals surface area contributed by atoms with Crippen molar-refractivity contribution < 1.29 is 17.9 Å². The molecule has 1 aliphatic rings. The molecule has 1 saturated heterocycles. The summed E-state index contributed by atoms with van der Waals surface area (Å²) in [5.74, 6) is 0. The first-order chi connectivity index (χ1) is 6.38. The molecule has 1 fully saturated rings. The molecule has 0 bridgehead atoms. The molecular formula is C9H16F3NO. The third-order valence-corrected chi connectivity index (χ3v) is 2.50. The van der Waals surface area contributed by atoms with Crippen molar-refractivity contribution in [2.24, 2.45) is 5.73 Å². The maximum absolute atomic E-state index is 11.9. The summed E-state index contributed by atoms with van der Waals surface area (Å²) >= 11 is 0. The fraction of sp³-hybridized carbons (Fsp3) is 1.00. The quantitative estimate of drug-likeness (QED) is 0.776. The van der Waals surface area contributed by atoms with Gasteiger partial charge in [-0.25, -0.2) is 0 Å². The monoisotopic (exact) mass is 211 g/mol. The van der Waals surface area contributed by atoms with Gasteiger partial charge in [0.2, 0.25) is 0 Å². The van der Waals surface area contributed by atoms with Gasteiger partial charge >= 0.3 is 6.18 Å². The molecule has 3 unspecified atom stereocenters. The van der Waals surface area contributed by atoms with Gasteiger partial charge in [0, 0.05) is 12.5 Å². The van der Waals surface area contributed by atoms with Gasteiger partial charge in [-0.3, -0.25) is 0 Å². The number of hydrogen-bond acceptors (Lipinski definition) is 2. The maximum atomic E-state index is 11.9. The molecule has 84 valence electrons. The van der Waals surface area contributed by atoms with Gasteiger partial charge in [0.1, 0.15) is 0 Å². The van der Waals surface area contributed by atoms with E-state index in [0.717, 1.165) is 12.8 Å². The third-order valence-electron chi connectivity index (χ3n) is 2.50. The molecule has 3 atom stereocenters. The zero-order chi connectivity index (χ0) is 10.8. The van der Waals surface area contributed by atoms with Crippen molar-refractivity contribution in [1.82, 2.24) is 0 Å². The number of alkyl halides is 3. The average Bonchev–Trinajstić information content (AvgIpc) is 2.46. The van der Waals surface area contributed by atoms with Gasteiger partial charge in [0.15, 0.2) is 0 Å². The summed E-state index contributed by atoms with van der Waals surface area (Å²) in [5, 5.41) is 0. The van der Waals surface area contributed by atoms with Gasteiger partial charge in [0.25, 0.3) is 0 Å². The summed E-state index contributed by atoms with van der Waals surface area (Å²) in [7, 11) is 0. The minimum atomic E-state index is -4.11. The topological polar surface area (TPSA) is 35.2 Å². The predicted molar refractivity (Wildman–Crippen MR) is 46.8 cm³/mol. The van der Waals surface area contributed by atoms with E-state index < -0.39 is 18.6 Å². The zero-order valence-electron chi connectivity index (χ0n) is 8.18. The minimum absolute atomic E-state index is 0.0408. The lowest BCUT2D eigenvalue weighted by Gasteiger charge is -2.19.